The molecule has 0 spiro atoms. The SMILES string of the molecule is CNc1cccc(C(F)(F)F)c1.COc1ccc(C)cc1.COc1ccc(OC)c(SC)c1.CSc1ccc(C)cc1.CSc1ccc(C)cc1.[C-]#[N+]c1ccccc1SC. The topological polar surface area (TPSA) is 44.1 Å². The van der Waals surface area contributed by atoms with Gasteiger partial charge in [-0.2, -0.15) is 13.2 Å². The summed E-state index contributed by atoms with van der Waals surface area (Å²) in [5.41, 5.74) is 4.49. The number of para-hydroxylation sites is 1. The molecule has 0 amide bonds. The normalized spacial score (nSPS) is 9.72. The lowest BCUT2D eigenvalue weighted by molar-refractivity contribution is -0.137. The third-order valence-corrected chi connectivity index (χ3v) is 11.1. The molecule has 61 heavy (non-hydrogen) atoms. The van der Waals surface area contributed by atoms with Crippen molar-refractivity contribution in [2.45, 2.75) is 46.5 Å². The quantitative estimate of drug-likeness (QED) is 0.120. The molecule has 0 aliphatic carbocycles. The zero-order valence-electron chi connectivity index (χ0n) is 36.7. The second-order valence-electron chi connectivity index (χ2n) is 12.4. The van der Waals surface area contributed by atoms with Crippen LogP contribution in [0.1, 0.15) is 22.3 Å². The molecule has 0 fully saturated rings. The van der Waals surface area contributed by atoms with Crippen LogP contribution in [-0.2, 0) is 6.18 Å². The van der Waals surface area contributed by atoms with Crippen LogP contribution in [0.2, 0.25) is 0 Å². The van der Waals surface area contributed by atoms with Gasteiger partial charge in [0.15, 0.2) is 5.69 Å². The first-order chi connectivity index (χ1) is 29.2. The molecule has 6 aromatic rings. The van der Waals surface area contributed by atoms with E-state index in [9.17, 15) is 13.2 Å². The molecule has 0 saturated heterocycles. The number of halogens is 3. The Hall–Kier alpha value is -4.80. The number of rotatable bonds is 8. The molecule has 0 aliphatic heterocycles. The molecule has 0 atom stereocenters. The standard InChI is InChI=1S/C9H12O2S.C8H8F3N.C8H7NS.C8H10O.2C8H10S/c1-10-7-4-5-8(11-2)9(6-7)12-3;1-12-7-4-2-3-6(5-7)8(9,10)11;1-9-7-5-3-4-6-8(7)10-2;3*1-7-3-5-8(9-2)6-4-7/h4-6H,1-3H3;2-5,12H,1H3;3-6H,2H3;3*3-6H,1-2H3. The molecule has 0 heterocycles. The van der Waals surface area contributed by atoms with Gasteiger partial charge in [-0.15, -0.1) is 47.0 Å². The van der Waals surface area contributed by atoms with Crippen LogP contribution in [0.25, 0.3) is 4.85 Å². The molecular weight excluding hydrogens is 850 g/mol. The smallest absolute Gasteiger partial charge is 0.416 e. The summed E-state index contributed by atoms with van der Waals surface area (Å²) in [6.07, 6.45) is 3.91. The highest BCUT2D eigenvalue weighted by atomic mass is 32.2. The zero-order chi connectivity index (χ0) is 45.6. The lowest BCUT2D eigenvalue weighted by atomic mass is 10.2. The summed E-state index contributed by atoms with van der Waals surface area (Å²) in [5, 5.41) is 2.64. The van der Waals surface area contributed by atoms with Crippen LogP contribution < -0.4 is 19.5 Å². The van der Waals surface area contributed by atoms with E-state index in [1.54, 1.807) is 81.5 Å². The van der Waals surface area contributed by atoms with Gasteiger partial charge in [0.1, 0.15) is 17.2 Å². The minimum absolute atomic E-state index is 0.463. The maximum atomic E-state index is 12.1. The van der Waals surface area contributed by atoms with Crippen LogP contribution in [0.15, 0.2) is 159 Å². The van der Waals surface area contributed by atoms with Gasteiger partial charge in [-0.05, 0) is 119 Å². The van der Waals surface area contributed by atoms with Gasteiger partial charge < -0.3 is 19.5 Å². The molecule has 1 N–H and O–H groups in total. The molecule has 6 aromatic carbocycles. The van der Waals surface area contributed by atoms with Crippen molar-refractivity contribution in [3.8, 4) is 17.2 Å². The van der Waals surface area contributed by atoms with E-state index >= 15 is 0 Å². The summed E-state index contributed by atoms with van der Waals surface area (Å²) in [5.74, 6) is 2.67. The van der Waals surface area contributed by atoms with Crippen LogP contribution in [0.5, 0.6) is 17.2 Å². The van der Waals surface area contributed by atoms with Crippen molar-refractivity contribution in [2.75, 3.05) is 58.7 Å². The largest absolute Gasteiger partial charge is 0.497 e. The van der Waals surface area contributed by atoms with Crippen molar-refractivity contribution in [3.05, 3.63) is 173 Å². The van der Waals surface area contributed by atoms with Gasteiger partial charge >= 0.3 is 6.18 Å². The fourth-order valence-electron chi connectivity index (χ4n) is 4.54. The lowest BCUT2D eigenvalue weighted by Gasteiger charge is -2.07. The highest BCUT2D eigenvalue weighted by Gasteiger charge is 2.30. The number of alkyl halides is 3. The van der Waals surface area contributed by atoms with Crippen molar-refractivity contribution in [1.82, 2.24) is 0 Å². The van der Waals surface area contributed by atoms with Gasteiger partial charge in [0, 0.05) is 27.4 Å². The minimum atomic E-state index is -4.26. The number of nitrogens with zero attached hydrogens (tertiary/aromatic N) is 1. The van der Waals surface area contributed by atoms with Crippen molar-refractivity contribution in [3.63, 3.8) is 0 Å². The second-order valence-corrected chi connectivity index (χ2v) is 15.8. The van der Waals surface area contributed by atoms with E-state index in [4.69, 9.17) is 20.8 Å². The Morgan fingerprint density at radius 3 is 1.39 bits per heavy atom. The van der Waals surface area contributed by atoms with Crippen LogP contribution in [-0.4, -0.2) is 53.4 Å². The Morgan fingerprint density at radius 2 is 1.00 bits per heavy atom. The van der Waals surface area contributed by atoms with E-state index in [0.29, 0.717) is 5.69 Å². The number of hydrogen-bond acceptors (Lipinski definition) is 8. The molecule has 0 radical (unpaired) electrons. The number of aryl methyl sites for hydroxylation is 3. The van der Waals surface area contributed by atoms with E-state index in [1.807, 2.05) is 79.2 Å². The molecule has 0 bridgehead atoms. The average Bonchev–Trinajstić information content (AvgIpc) is 3.30. The summed E-state index contributed by atoms with van der Waals surface area (Å²) in [7, 11) is 6.58. The molecule has 0 aliphatic rings. The molecule has 326 valence electrons. The Labute approximate surface area is 379 Å². The molecular formula is C49H57F3N2O3S4. The Balaban J connectivity index is 0.000000368. The molecule has 0 unspecified atom stereocenters. The summed E-state index contributed by atoms with van der Waals surface area (Å²) in [4.78, 5) is 8.19. The maximum absolute atomic E-state index is 12.1. The van der Waals surface area contributed by atoms with Crippen molar-refractivity contribution < 1.29 is 27.4 Å². The van der Waals surface area contributed by atoms with E-state index in [1.165, 1.54) is 32.5 Å². The third-order valence-electron chi connectivity index (χ3n) is 8.04. The van der Waals surface area contributed by atoms with Crippen LogP contribution in [0.3, 0.4) is 0 Å². The second kappa shape index (κ2) is 31.1. The van der Waals surface area contributed by atoms with Crippen LogP contribution in [0, 0.1) is 27.3 Å². The van der Waals surface area contributed by atoms with Gasteiger partial charge in [0.25, 0.3) is 0 Å². The summed E-state index contributed by atoms with van der Waals surface area (Å²) < 4.78 is 51.4. The first kappa shape index (κ1) is 54.2. The first-order valence-electron chi connectivity index (χ1n) is 18.7. The minimum Gasteiger partial charge on any atom is -0.497 e. The molecule has 0 aromatic heterocycles. The number of nitrogens with one attached hydrogen (secondary N) is 1. The molecule has 0 saturated carbocycles. The summed E-state index contributed by atoms with van der Waals surface area (Å²) in [6.45, 7) is 13.1. The number of thioether (sulfide) groups is 4. The highest BCUT2D eigenvalue weighted by Crippen LogP contribution is 2.32. The number of ether oxygens (including phenoxy) is 3. The number of hydrogen-bond donors (Lipinski definition) is 1. The van der Waals surface area contributed by atoms with Gasteiger partial charge in [-0.3, -0.25) is 0 Å². The monoisotopic (exact) mass is 906 g/mol. The van der Waals surface area contributed by atoms with E-state index in [0.717, 1.165) is 44.9 Å². The Kier molecular flexibility index (Phi) is 27.6. The van der Waals surface area contributed by atoms with Crippen LogP contribution in [0.4, 0.5) is 24.5 Å². The first-order valence-corrected chi connectivity index (χ1v) is 23.6. The lowest BCUT2D eigenvalue weighted by Crippen LogP contribution is -2.04. The third kappa shape index (κ3) is 22.6. The van der Waals surface area contributed by atoms with Crippen LogP contribution >= 0.6 is 47.0 Å². The van der Waals surface area contributed by atoms with Crippen molar-refractivity contribution in [2.24, 2.45) is 0 Å². The highest BCUT2D eigenvalue weighted by molar-refractivity contribution is 7.99. The van der Waals surface area contributed by atoms with E-state index in [2.05, 4.69) is 92.0 Å². The van der Waals surface area contributed by atoms with Gasteiger partial charge in [0.05, 0.1) is 38.4 Å². The predicted octanol–water partition coefficient (Wildman–Crippen LogP) is 15.6. The molecule has 12 heteroatoms. The molecule has 5 nitrogen and oxygen atoms in total. The molecule has 6 rings (SSSR count). The number of benzene rings is 6. The summed E-state index contributed by atoms with van der Waals surface area (Å²) >= 11 is 6.81. The summed E-state index contributed by atoms with van der Waals surface area (Å²) in [6, 6.07) is 43.5. The van der Waals surface area contributed by atoms with Crippen molar-refractivity contribution >= 4 is 58.4 Å². The van der Waals surface area contributed by atoms with E-state index in [-0.39, 0.29) is 0 Å². The van der Waals surface area contributed by atoms with Gasteiger partial charge in [-0.25, -0.2) is 4.85 Å². The Morgan fingerprint density at radius 1 is 0.525 bits per heavy atom. The maximum Gasteiger partial charge on any atom is 0.416 e. The number of anilines is 1. The fourth-order valence-corrected chi connectivity index (χ4v) is 6.48. The van der Waals surface area contributed by atoms with Gasteiger partial charge in [-0.1, -0.05) is 83.4 Å². The fraction of sp³-hybridized carbons (Fsp3) is 0.245. The van der Waals surface area contributed by atoms with Crippen molar-refractivity contribution in [1.29, 1.82) is 0 Å². The zero-order valence-corrected chi connectivity index (χ0v) is 40.0. The van der Waals surface area contributed by atoms with Gasteiger partial charge in [0.2, 0.25) is 0 Å². The predicted molar refractivity (Wildman–Crippen MR) is 260 cm³/mol. The number of methoxy groups -OCH3 is 3. The van der Waals surface area contributed by atoms with E-state index < -0.39 is 11.7 Å². The average molecular weight is 907 g/mol. The Bertz CT molecular complexity index is 2020.